The van der Waals surface area contributed by atoms with Crippen LogP contribution in [0.15, 0.2) is 58.5 Å². The highest BCUT2D eigenvalue weighted by atomic mass is 16.3. The number of amides is 1. The normalized spacial score (nSPS) is 18.2. The summed E-state index contributed by atoms with van der Waals surface area (Å²) in [5.41, 5.74) is 2.42. The van der Waals surface area contributed by atoms with Crippen LogP contribution in [0.25, 0.3) is 27.7 Å². The van der Waals surface area contributed by atoms with Crippen molar-refractivity contribution >= 4 is 27.9 Å². The molecule has 1 aromatic heterocycles. The van der Waals surface area contributed by atoms with E-state index in [2.05, 4.69) is 54.5 Å². The molecular weight excluding hydrogens is 466 g/mol. The molecule has 1 fully saturated rings. The molecule has 0 saturated heterocycles. The van der Waals surface area contributed by atoms with E-state index in [4.69, 9.17) is 9.52 Å². The molecule has 0 bridgehead atoms. The third kappa shape index (κ3) is 6.22. The Kier molecular flexibility index (Phi) is 8.32. The number of hydrogen-bond acceptors (Lipinski definition) is 6. The zero-order chi connectivity index (χ0) is 26.5. The second-order valence-electron chi connectivity index (χ2n) is 9.99. The molecule has 7 nitrogen and oxygen atoms in total. The molecule has 1 saturated carbocycles. The first-order valence-corrected chi connectivity index (χ1v) is 12.9. The fraction of sp³-hybridized carbons (Fsp3) is 0.400. The average Bonchev–Trinajstić information content (AvgIpc) is 3.43. The standard InChI is InChI=1S/C30H35N3O4/c1-4-5-20-13-24(20)17-33(3)25-9-8-21-12-23(7-6-22(21)14-25)29-11-10-28(37-29)19(2)27(15-31)30(36)32-16-26(35)18-34/h6-12,14,20,24,26,34-35H,4-5,13,16-18H2,1-3H3,(H,32,36)/b27-19+. The summed E-state index contributed by atoms with van der Waals surface area (Å²) >= 11 is 0. The summed E-state index contributed by atoms with van der Waals surface area (Å²) in [5, 5.41) is 32.6. The Balaban J connectivity index is 1.49. The van der Waals surface area contributed by atoms with Gasteiger partial charge in [-0.25, -0.2) is 0 Å². The lowest BCUT2D eigenvalue weighted by molar-refractivity contribution is -0.117. The quantitative estimate of drug-likeness (QED) is 0.259. The predicted molar refractivity (Wildman–Crippen MR) is 146 cm³/mol. The maximum Gasteiger partial charge on any atom is 0.262 e. The first-order valence-electron chi connectivity index (χ1n) is 12.9. The van der Waals surface area contributed by atoms with E-state index in [0.29, 0.717) is 17.1 Å². The van der Waals surface area contributed by atoms with Gasteiger partial charge in [-0.2, -0.15) is 5.26 Å². The minimum Gasteiger partial charge on any atom is -0.456 e. The summed E-state index contributed by atoms with van der Waals surface area (Å²) < 4.78 is 6.02. The zero-order valence-electron chi connectivity index (χ0n) is 21.7. The van der Waals surface area contributed by atoms with Crippen molar-refractivity contribution in [3.05, 3.63) is 59.9 Å². The van der Waals surface area contributed by atoms with Gasteiger partial charge in [-0.15, -0.1) is 0 Å². The van der Waals surface area contributed by atoms with Crippen LogP contribution in [0.2, 0.25) is 0 Å². The molecule has 0 radical (unpaired) electrons. The summed E-state index contributed by atoms with van der Waals surface area (Å²) in [6.45, 7) is 4.38. The third-order valence-corrected chi connectivity index (χ3v) is 7.18. The molecule has 2 aromatic carbocycles. The van der Waals surface area contributed by atoms with Crippen molar-refractivity contribution in [3.63, 3.8) is 0 Å². The Bertz CT molecular complexity index is 1340. The fourth-order valence-corrected chi connectivity index (χ4v) is 4.83. The van der Waals surface area contributed by atoms with Crippen LogP contribution in [-0.4, -0.2) is 49.0 Å². The summed E-state index contributed by atoms with van der Waals surface area (Å²) in [6.07, 6.45) is 2.87. The lowest BCUT2D eigenvalue weighted by Crippen LogP contribution is -2.34. The highest BCUT2D eigenvalue weighted by Gasteiger charge is 2.36. The monoisotopic (exact) mass is 501 g/mol. The smallest absolute Gasteiger partial charge is 0.262 e. The highest BCUT2D eigenvalue weighted by molar-refractivity contribution is 6.04. The van der Waals surface area contributed by atoms with Gasteiger partial charge in [-0.05, 0) is 66.3 Å². The van der Waals surface area contributed by atoms with Gasteiger partial charge in [0.25, 0.3) is 5.91 Å². The van der Waals surface area contributed by atoms with Crippen LogP contribution in [-0.2, 0) is 4.79 Å². The van der Waals surface area contributed by atoms with Crippen molar-refractivity contribution in [2.75, 3.05) is 31.6 Å². The van der Waals surface area contributed by atoms with Crippen molar-refractivity contribution in [2.45, 2.75) is 39.2 Å². The molecule has 1 heterocycles. The van der Waals surface area contributed by atoms with Crippen LogP contribution in [0.3, 0.4) is 0 Å². The van der Waals surface area contributed by atoms with Crippen LogP contribution < -0.4 is 10.2 Å². The van der Waals surface area contributed by atoms with Crippen molar-refractivity contribution in [1.29, 1.82) is 5.26 Å². The SMILES string of the molecule is CCCC1CC1CN(C)c1ccc2cc(-c3ccc(/C(C)=C(\C#N)C(=O)NCC(O)CO)o3)ccc2c1. The van der Waals surface area contributed by atoms with Gasteiger partial charge in [-0.1, -0.05) is 38.0 Å². The second kappa shape index (κ2) is 11.6. The number of nitriles is 1. The lowest BCUT2D eigenvalue weighted by Gasteiger charge is -2.20. The fourth-order valence-electron chi connectivity index (χ4n) is 4.83. The Morgan fingerprint density at radius 1 is 1.19 bits per heavy atom. The second-order valence-corrected chi connectivity index (χ2v) is 9.99. The van der Waals surface area contributed by atoms with E-state index in [1.807, 2.05) is 18.2 Å². The first-order chi connectivity index (χ1) is 17.8. The molecule has 0 spiro atoms. The summed E-state index contributed by atoms with van der Waals surface area (Å²) in [6, 6.07) is 18.2. The number of anilines is 1. The lowest BCUT2D eigenvalue weighted by atomic mass is 10.0. The van der Waals surface area contributed by atoms with E-state index in [1.165, 1.54) is 24.9 Å². The van der Waals surface area contributed by atoms with Gasteiger partial charge < -0.3 is 24.8 Å². The van der Waals surface area contributed by atoms with Gasteiger partial charge in [0.2, 0.25) is 0 Å². The summed E-state index contributed by atoms with van der Waals surface area (Å²) in [4.78, 5) is 14.7. The molecule has 1 aliphatic rings. The van der Waals surface area contributed by atoms with E-state index < -0.39 is 18.6 Å². The Labute approximate surface area is 218 Å². The van der Waals surface area contributed by atoms with Crippen LogP contribution in [0.1, 0.15) is 38.9 Å². The van der Waals surface area contributed by atoms with Crippen molar-refractivity contribution in [2.24, 2.45) is 11.8 Å². The zero-order valence-corrected chi connectivity index (χ0v) is 21.7. The molecule has 7 heteroatoms. The van der Waals surface area contributed by atoms with Crippen LogP contribution >= 0.6 is 0 Å². The molecule has 4 rings (SSSR count). The molecule has 1 amide bonds. The molecule has 3 N–H and O–H groups in total. The highest BCUT2D eigenvalue weighted by Crippen LogP contribution is 2.43. The van der Waals surface area contributed by atoms with Gasteiger partial charge in [-0.3, -0.25) is 4.79 Å². The number of nitrogens with zero attached hydrogens (tertiary/aromatic N) is 2. The molecule has 194 valence electrons. The molecule has 37 heavy (non-hydrogen) atoms. The van der Waals surface area contributed by atoms with Crippen molar-refractivity contribution in [3.8, 4) is 17.4 Å². The maximum atomic E-state index is 12.4. The van der Waals surface area contributed by atoms with E-state index in [-0.39, 0.29) is 12.1 Å². The number of furan rings is 1. The third-order valence-electron chi connectivity index (χ3n) is 7.18. The number of fused-ring (bicyclic) bond motifs is 1. The Morgan fingerprint density at radius 2 is 1.95 bits per heavy atom. The van der Waals surface area contributed by atoms with Crippen molar-refractivity contribution in [1.82, 2.24) is 5.32 Å². The van der Waals surface area contributed by atoms with Gasteiger partial charge in [0.05, 0.1) is 12.7 Å². The van der Waals surface area contributed by atoms with E-state index in [1.54, 1.807) is 13.0 Å². The number of carbonyl (C=O) groups is 1. The number of carbonyl (C=O) groups excluding carboxylic acids is 1. The number of benzene rings is 2. The van der Waals surface area contributed by atoms with E-state index >= 15 is 0 Å². The van der Waals surface area contributed by atoms with Crippen molar-refractivity contribution < 1.29 is 19.4 Å². The largest absolute Gasteiger partial charge is 0.456 e. The number of rotatable bonds is 11. The first kappa shape index (κ1) is 26.5. The Morgan fingerprint density at radius 3 is 2.68 bits per heavy atom. The van der Waals surface area contributed by atoms with Gasteiger partial charge in [0.15, 0.2) is 0 Å². The number of hydrogen-bond donors (Lipinski definition) is 3. The molecule has 0 aliphatic heterocycles. The van der Waals surface area contributed by atoms with E-state index in [0.717, 1.165) is 34.7 Å². The summed E-state index contributed by atoms with van der Waals surface area (Å²) in [7, 11) is 2.17. The number of aliphatic hydroxyl groups excluding tert-OH is 2. The maximum absolute atomic E-state index is 12.4. The average molecular weight is 502 g/mol. The van der Waals surface area contributed by atoms with Gasteiger partial charge in [0.1, 0.15) is 23.2 Å². The molecular formula is C30H35N3O4. The van der Waals surface area contributed by atoms with Crippen LogP contribution in [0.4, 0.5) is 5.69 Å². The molecule has 3 unspecified atom stereocenters. The number of aliphatic hydroxyl groups is 2. The topological polar surface area (TPSA) is 110 Å². The van der Waals surface area contributed by atoms with Gasteiger partial charge in [0, 0.05) is 37.0 Å². The Hall–Kier alpha value is -3.60. The molecule has 3 atom stereocenters. The van der Waals surface area contributed by atoms with Crippen LogP contribution in [0.5, 0.6) is 0 Å². The summed E-state index contributed by atoms with van der Waals surface area (Å²) in [5.74, 6) is 2.14. The van der Waals surface area contributed by atoms with E-state index in [9.17, 15) is 15.2 Å². The number of allylic oxidation sites excluding steroid dienone is 1. The predicted octanol–water partition coefficient (Wildman–Crippen LogP) is 4.74. The van der Waals surface area contributed by atoms with Crippen LogP contribution in [0, 0.1) is 23.2 Å². The minimum atomic E-state index is -1.08. The molecule has 1 aliphatic carbocycles. The minimum absolute atomic E-state index is 0.103. The van der Waals surface area contributed by atoms with Gasteiger partial charge >= 0.3 is 0 Å². The number of nitrogens with one attached hydrogen (secondary N) is 1. The molecule has 3 aromatic rings.